The first-order valence-electron chi connectivity index (χ1n) is 11.0. The van der Waals surface area contributed by atoms with Crippen molar-refractivity contribution in [1.29, 1.82) is 0 Å². The monoisotopic (exact) mass is 526 g/mol. The van der Waals surface area contributed by atoms with Gasteiger partial charge in [0.1, 0.15) is 45.1 Å². The van der Waals surface area contributed by atoms with Crippen molar-refractivity contribution in [3.63, 3.8) is 0 Å². The molecule has 0 radical (unpaired) electrons. The van der Waals surface area contributed by atoms with Crippen LogP contribution in [0.15, 0.2) is 41.6 Å². The van der Waals surface area contributed by atoms with E-state index in [0.29, 0.717) is 53.9 Å². The lowest BCUT2D eigenvalue weighted by atomic mass is 9.94. The van der Waals surface area contributed by atoms with E-state index in [-0.39, 0.29) is 22.8 Å². The van der Waals surface area contributed by atoms with Gasteiger partial charge in [0.25, 0.3) is 5.91 Å². The van der Waals surface area contributed by atoms with Crippen molar-refractivity contribution in [3.8, 4) is 5.75 Å². The van der Waals surface area contributed by atoms with E-state index in [2.05, 4.69) is 15.0 Å². The van der Waals surface area contributed by atoms with Gasteiger partial charge in [-0.2, -0.15) is 0 Å². The van der Waals surface area contributed by atoms with Crippen molar-refractivity contribution in [2.24, 2.45) is 0 Å². The van der Waals surface area contributed by atoms with Crippen LogP contribution in [0.1, 0.15) is 40.8 Å². The quantitative estimate of drug-likeness (QED) is 0.343. The molecule has 8 nitrogen and oxygen atoms in total. The Balaban J connectivity index is 1.41. The average molecular weight is 526 g/mol. The van der Waals surface area contributed by atoms with Gasteiger partial charge in [0.2, 0.25) is 0 Å². The summed E-state index contributed by atoms with van der Waals surface area (Å²) in [5.41, 5.74) is 7.92. The Hall–Kier alpha value is -3.68. The van der Waals surface area contributed by atoms with Gasteiger partial charge in [-0.1, -0.05) is 25.5 Å². The molecule has 3 aromatic heterocycles. The number of ether oxygens (including phenoxy) is 1. The number of piperidine rings is 1. The molecule has 5 heterocycles. The first-order chi connectivity index (χ1) is 16.7. The third-order valence-corrected chi connectivity index (χ3v) is 7.77. The number of anilines is 1. The van der Waals surface area contributed by atoms with E-state index in [0.717, 1.165) is 6.07 Å². The maximum atomic E-state index is 13.6. The highest BCUT2D eigenvalue weighted by Crippen LogP contribution is 3.02. The SMILES string of the molecule is Cc1ncc2c(N)nc3cnc(C(=O)N4CCCC5Oc6cc(S(F)(F)(F)(F)F)ccc6C54)cc3n12. The number of hydrogen-bond donors (Lipinski definition) is 1. The molecule has 2 unspecified atom stereocenters. The summed E-state index contributed by atoms with van der Waals surface area (Å²) in [5, 5.41) is 0. The topological polar surface area (TPSA) is 98.6 Å². The lowest BCUT2D eigenvalue weighted by Gasteiger charge is -2.40. The molecule has 6 rings (SSSR count). The van der Waals surface area contributed by atoms with Crippen LogP contribution in [0.5, 0.6) is 5.75 Å². The number of nitrogens with zero attached hydrogens (tertiary/aromatic N) is 5. The van der Waals surface area contributed by atoms with Crippen LogP contribution in [0.25, 0.3) is 16.6 Å². The van der Waals surface area contributed by atoms with Gasteiger partial charge >= 0.3 is 10.2 Å². The number of fused-ring (bicyclic) bond motifs is 6. The van der Waals surface area contributed by atoms with E-state index in [1.165, 1.54) is 11.1 Å². The fourth-order valence-corrected chi connectivity index (χ4v) is 5.68. The summed E-state index contributed by atoms with van der Waals surface area (Å²) in [4.78, 5) is 25.9. The van der Waals surface area contributed by atoms with E-state index in [9.17, 15) is 24.2 Å². The molecule has 0 aliphatic carbocycles. The number of benzene rings is 1. The van der Waals surface area contributed by atoms with Crippen molar-refractivity contribution >= 4 is 38.5 Å². The Bertz CT molecular complexity index is 1610. The molecule has 2 atom stereocenters. The number of nitrogen functional groups attached to an aromatic ring is 1. The number of carbonyl (C=O) groups excluding carboxylic acids is 1. The summed E-state index contributed by atoms with van der Waals surface area (Å²) in [5.74, 6) is 0.123. The van der Waals surface area contributed by atoms with Crippen molar-refractivity contribution < 1.29 is 29.0 Å². The summed E-state index contributed by atoms with van der Waals surface area (Å²) < 4.78 is 74.1. The molecule has 14 heteroatoms. The molecule has 1 fully saturated rings. The number of halogens is 5. The van der Waals surface area contributed by atoms with Crippen LogP contribution in [-0.2, 0) is 0 Å². The predicted molar refractivity (Wildman–Crippen MR) is 123 cm³/mol. The molecule has 0 spiro atoms. The molecule has 2 aliphatic rings. The number of nitrogens with two attached hydrogens (primary N) is 1. The summed E-state index contributed by atoms with van der Waals surface area (Å²) >= 11 is 0. The molecule has 4 aromatic rings. The van der Waals surface area contributed by atoms with Gasteiger partial charge in [-0.05, 0) is 31.9 Å². The second-order valence-electron chi connectivity index (χ2n) is 8.99. The Morgan fingerprint density at radius 2 is 1.89 bits per heavy atom. The molecule has 2 aliphatic heterocycles. The van der Waals surface area contributed by atoms with Crippen LogP contribution in [-0.4, -0.2) is 42.8 Å². The van der Waals surface area contributed by atoms with Crippen LogP contribution >= 0.6 is 10.2 Å². The van der Waals surface area contributed by atoms with Crippen molar-refractivity contribution in [2.45, 2.75) is 36.8 Å². The minimum Gasteiger partial charge on any atom is -0.487 e. The lowest BCUT2D eigenvalue weighted by molar-refractivity contribution is 0.0360. The summed E-state index contributed by atoms with van der Waals surface area (Å²) in [6, 6.07) is 2.49. The summed E-state index contributed by atoms with van der Waals surface area (Å²) in [6.45, 7) is 2.07. The number of amides is 1. The lowest BCUT2D eigenvalue weighted by Crippen LogP contribution is -2.44. The highest BCUT2D eigenvalue weighted by molar-refractivity contribution is 8.45. The largest absolute Gasteiger partial charge is 0.487 e. The van der Waals surface area contributed by atoms with E-state index < -0.39 is 33.2 Å². The first kappa shape index (κ1) is 22.8. The maximum Gasteiger partial charge on any atom is 0.310 e. The van der Waals surface area contributed by atoms with Gasteiger partial charge in [-0.25, -0.2) is 15.0 Å². The van der Waals surface area contributed by atoms with Crippen molar-refractivity contribution in [3.05, 3.63) is 53.7 Å². The number of pyridine rings is 1. The van der Waals surface area contributed by atoms with Gasteiger partial charge in [-0.15, -0.1) is 0 Å². The fraction of sp³-hybridized carbons (Fsp3) is 0.273. The molecule has 36 heavy (non-hydrogen) atoms. The van der Waals surface area contributed by atoms with Crippen LogP contribution in [0.4, 0.5) is 25.2 Å². The second kappa shape index (κ2) is 6.55. The number of imidazole rings is 1. The molecule has 190 valence electrons. The molecule has 1 aromatic carbocycles. The fourth-order valence-electron chi connectivity index (χ4n) is 5.03. The normalized spacial score (nSPS) is 21.6. The Kier molecular flexibility index (Phi) is 4.14. The molecular weight excluding hydrogens is 507 g/mol. The van der Waals surface area contributed by atoms with E-state index >= 15 is 0 Å². The van der Waals surface area contributed by atoms with Crippen LogP contribution in [0.2, 0.25) is 0 Å². The standard InChI is InChI=1S/C22H19F5N6O2S/c1-11-29-10-17-21(28)31-15-9-30-14(8-16(15)33(11)17)22(34)32-6-2-3-18-20(32)13-5-4-12(7-19(13)35-18)36(23,24,25,26)27/h4-5,7-10,18,20H,2-3,6H2,1H3,(H2,28,31). The van der Waals surface area contributed by atoms with Crippen LogP contribution in [0, 0.1) is 6.92 Å². The van der Waals surface area contributed by atoms with Gasteiger partial charge in [0.15, 0.2) is 0 Å². The number of aromatic nitrogens is 4. The third kappa shape index (κ3) is 3.42. The predicted octanol–water partition coefficient (Wildman–Crippen LogP) is 5.56. The molecular formula is C22H19F5N6O2S. The minimum absolute atomic E-state index is 0.0844. The van der Waals surface area contributed by atoms with Crippen LogP contribution in [0.3, 0.4) is 0 Å². The van der Waals surface area contributed by atoms with Gasteiger partial charge in [0, 0.05) is 18.2 Å². The highest BCUT2D eigenvalue weighted by atomic mass is 32.5. The smallest absolute Gasteiger partial charge is 0.310 e. The van der Waals surface area contributed by atoms with Gasteiger partial charge in [0.05, 0.1) is 24.0 Å². The maximum absolute atomic E-state index is 13.6. The molecule has 1 saturated heterocycles. The Morgan fingerprint density at radius 1 is 1.11 bits per heavy atom. The van der Waals surface area contributed by atoms with E-state index in [4.69, 9.17) is 10.5 Å². The molecule has 0 saturated carbocycles. The second-order valence-corrected chi connectivity index (χ2v) is 11.4. The number of carbonyl (C=O) groups is 1. The third-order valence-electron chi connectivity index (χ3n) is 6.63. The van der Waals surface area contributed by atoms with E-state index in [1.807, 2.05) is 0 Å². The number of likely N-dealkylation sites (tertiary alicyclic amines) is 1. The van der Waals surface area contributed by atoms with E-state index in [1.54, 1.807) is 23.6 Å². The average Bonchev–Trinajstić information content (AvgIpc) is 3.37. The van der Waals surface area contributed by atoms with Crippen molar-refractivity contribution in [1.82, 2.24) is 24.3 Å². The number of rotatable bonds is 2. The molecule has 1 amide bonds. The number of hydrogen-bond acceptors (Lipinski definition) is 6. The Morgan fingerprint density at radius 3 is 2.64 bits per heavy atom. The summed E-state index contributed by atoms with van der Waals surface area (Å²) in [6.07, 6.45) is 3.31. The zero-order valence-electron chi connectivity index (χ0n) is 18.7. The highest BCUT2D eigenvalue weighted by Gasteiger charge is 2.66. The Labute approximate surface area is 200 Å². The minimum atomic E-state index is -9.88. The number of aryl methyl sites for hydroxylation is 1. The summed E-state index contributed by atoms with van der Waals surface area (Å²) in [7, 11) is -9.88. The zero-order chi connectivity index (χ0) is 25.7. The van der Waals surface area contributed by atoms with Crippen LogP contribution < -0.4 is 10.5 Å². The van der Waals surface area contributed by atoms with Gasteiger partial charge in [-0.3, -0.25) is 9.20 Å². The van der Waals surface area contributed by atoms with Gasteiger partial charge < -0.3 is 15.4 Å². The van der Waals surface area contributed by atoms with Crippen molar-refractivity contribution in [2.75, 3.05) is 12.3 Å². The molecule has 2 N–H and O–H groups in total. The molecule has 0 bridgehead atoms. The first-order valence-corrected chi connectivity index (χ1v) is 12.9. The zero-order valence-corrected chi connectivity index (χ0v) is 19.5.